The lowest BCUT2D eigenvalue weighted by Crippen LogP contribution is -1.76. The van der Waals surface area contributed by atoms with Crippen LogP contribution in [0.2, 0.25) is 0 Å². The van der Waals surface area contributed by atoms with Gasteiger partial charge in [-0.2, -0.15) is 0 Å². The lowest BCUT2D eigenvalue weighted by molar-refractivity contribution is 1.41. The van der Waals surface area contributed by atoms with Gasteiger partial charge in [0.05, 0.1) is 5.71 Å². The molecule has 1 rings (SSSR count). The molecule has 0 saturated carbocycles. The van der Waals surface area contributed by atoms with E-state index < -0.39 is 0 Å². The summed E-state index contributed by atoms with van der Waals surface area (Å²) in [4.78, 5) is 3.72. The predicted molar refractivity (Wildman–Crippen MR) is 69.9 cm³/mol. The van der Waals surface area contributed by atoms with Crippen LogP contribution in [0.4, 0.5) is 5.69 Å². The third-order valence-electron chi connectivity index (χ3n) is 1.42. The van der Waals surface area contributed by atoms with Crippen LogP contribution in [0.5, 0.6) is 0 Å². The molecule has 0 aliphatic carbocycles. The molecule has 80 valence electrons. The number of rotatable bonds is 3. The molecular weight excluding hydrogens is 240 g/mol. The molecule has 16 heavy (non-hydrogen) atoms. The Morgan fingerprint density at radius 2 is 2.12 bits per heavy atom. The van der Waals surface area contributed by atoms with Crippen molar-refractivity contribution in [2.75, 3.05) is 0 Å². The number of hydrogen-bond acceptors (Lipinski definition) is 4. The fourth-order valence-electron chi connectivity index (χ4n) is 0.786. The molecule has 1 aromatic carbocycles. The summed E-state index contributed by atoms with van der Waals surface area (Å²) in [7, 11) is 2.87. The molecule has 0 bridgehead atoms. The largest absolute Gasteiger partial charge is 0.297 e. The second kappa shape index (κ2) is 6.85. The second-order valence-electron chi connectivity index (χ2n) is 2.70. The molecule has 0 saturated heterocycles. The topological polar surface area (TPSA) is 72.6 Å². The number of azide groups is 1. The van der Waals surface area contributed by atoms with Crippen molar-refractivity contribution in [3.63, 3.8) is 0 Å². The minimum atomic E-state index is 0.354. The van der Waals surface area contributed by atoms with Crippen LogP contribution in [0.3, 0.4) is 0 Å². The van der Waals surface area contributed by atoms with Crippen LogP contribution in [0.25, 0.3) is 10.4 Å². The van der Waals surface area contributed by atoms with E-state index in [4.69, 9.17) is 10.9 Å². The number of nitrogens with zero attached hydrogens (tertiary/aromatic N) is 3. The molecule has 4 nitrogen and oxygen atoms in total. The van der Waals surface area contributed by atoms with E-state index in [0.29, 0.717) is 11.4 Å². The van der Waals surface area contributed by atoms with Gasteiger partial charge in [0, 0.05) is 15.5 Å². The van der Waals surface area contributed by atoms with Crippen molar-refractivity contribution in [2.24, 2.45) is 5.11 Å². The Morgan fingerprint density at radius 1 is 1.44 bits per heavy atom. The van der Waals surface area contributed by atoms with Crippen molar-refractivity contribution >= 4 is 33.0 Å². The van der Waals surface area contributed by atoms with Crippen LogP contribution in [0.15, 0.2) is 34.3 Å². The third kappa shape index (κ3) is 4.80. The first-order chi connectivity index (χ1) is 7.72. The number of benzene rings is 1. The van der Waals surface area contributed by atoms with Crippen molar-refractivity contribution in [1.82, 2.24) is 0 Å². The van der Waals surface area contributed by atoms with E-state index in [-0.39, 0.29) is 0 Å². The molecule has 0 fully saturated rings. The van der Waals surface area contributed by atoms with Crippen LogP contribution < -0.4 is 0 Å². The van der Waals surface area contributed by atoms with Crippen molar-refractivity contribution in [3.05, 3.63) is 34.7 Å². The lowest BCUT2D eigenvalue weighted by atomic mass is 10.3. The lowest BCUT2D eigenvalue weighted by Gasteiger charge is -1.95. The molecule has 0 radical (unpaired) electrons. The van der Waals surface area contributed by atoms with Gasteiger partial charge in [-0.15, -0.1) is 0 Å². The molecule has 0 unspecified atom stereocenters. The van der Waals surface area contributed by atoms with E-state index in [1.807, 2.05) is 12.1 Å². The first kappa shape index (κ1) is 12.5. The van der Waals surface area contributed by atoms with Gasteiger partial charge in [0.15, 0.2) is 0 Å². The normalized spacial score (nSPS) is 8.56. The van der Waals surface area contributed by atoms with Crippen LogP contribution in [-0.2, 0) is 0 Å². The summed E-state index contributed by atoms with van der Waals surface area (Å²) >= 11 is 0. The van der Waals surface area contributed by atoms with Crippen LogP contribution in [0.1, 0.15) is 6.92 Å². The molecule has 0 aromatic heterocycles. The monoisotopic (exact) mass is 248 g/mol. The maximum atomic E-state index is 8.22. The smallest absolute Gasteiger partial charge is 0.0787 e. The second-order valence-corrected chi connectivity index (χ2v) is 4.71. The Morgan fingerprint density at radius 3 is 2.69 bits per heavy atom. The van der Waals surface area contributed by atoms with Crippen molar-refractivity contribution in [2.45, 2.75) is 11.8 Å². The zero-order valence-electron chi connectivity index (χ0n) is 8.47. The first-order valence-electron chi connectivity index (χ1n) is 4.27. The SMILES string of the molecule is CC(=N)C#CSSc1ccc(N=[N+]=[N-])cc1. The molecule has 0 heterocycles. The highest BCUT2D eigenvalue weighted by atomic mass is 33.1. The van der Waals surface area contributed by atoms with Crippen LogP contribution in [-0.4, -0.2) is 5.71 Å². The van der Waals surface area contributed by atoms with Gasteiger partial charge in [0.2, 0.25) is 0 Å². The molecule has 0 aliphatic rings. The minimum Gasteiger partial charge on any atom is -0.297 e. The van der Waals surface area contributed by atoms with Gasteiger partial charge in [-0.1, -0.05) is 17.2 Å². The van der Waals surface area contributed by atoms with Gasteiger partial charge in [-0.05, 0) is 57.3 Å². The average Bonchev–Trinajstić information content (AvgIpc) is 2.27. The third-order valence-corrected chi connectivity index (χ3v) is 3.23. The molecule has 1 N–H and O–H groups in total. The van der Waals surface area contributed by atoms with Gasteiger partial charge in [-0.3, -0.25) is 5.41 Å². The Labute approximate surface area is 101 Å². The molecule has 0 atom stereocenters. The Bertz CT molecular complexity index is 478. The zero-order chi connectivity index (χ0) is 11.8. The van der Waals surface area contributed by atoms with Gasteiger partial charge < -0.3 is 0 Å². The van der Waals surface area contributed by atoms with E-state index in [2.05, 4.69) is 21.2 Å². The quantitative estimate of drug-likeness (QED) is 0.215. The Balaban J connectivity index is 2.53. The summed E-state index contributed by atoms with van der Waals surface area (Å²) in [6.45, 7) is 1.65. The molecule has 1 aromatic rings. The first-order valence-corrected chi connectivity index (χ1v) is 6.42. The Kier molecular flexibility index (Phi) is 5.37. The average molecular weight is 248 g/mol. The highest BCUT2D eigenvalue weighted by molar-refractivity contribution is 8.78. The van der Waals surface area contributed by atoms with E-state index in [0.717, 1.165) is 4.90 Å². The number of nitrogens with one attached hydrogen (secondary N) is 1. The van der Waals surface area contributed by atoms with E-state index >= 15 is 0 Å². The van der Waals surface area contributed by atoms with E-state index in [1.165, 1.54) is 21.6 Å². The summed E-state index contributed by atoms with van der Waals surface area (Å²) in [6, 6.07) is 7.22. The van der Waals surface area contributed by atoms with E-state index in [1.54, 1.807) is 19.1 Å². The minimum absolute atomic E-state index is 0.354. The van der Waals surface area contributed by atoms with Crippen molar-refractivity contribution < 1.29 is 0 Å². The van der Waals surface area contributed by atoms with Gasteiger partial charge in [0.25, 0.3) is 0 Å². The maximum Gasteiger partial charge on any atom is 0.0787 e. The number of hydrogen-bond donors (Lipinski definition) is 1. The highest BCUT2D eigenvalue weighted by Crippen LogP contribution is 2.31. The predicted octanol–water partition coefficient (Wildman–Crippen LogP) is 4.37. The Hall–Kier alpha value is -1.54. The van der Waals surface area contributed by atoms with Crippen molar-refractivity contribution in [3.8, 4) is 11.2 Å². The molecule has 0 aliphatic heterocycles. The summed E-state index contributed by atoms with van der Waals surface area (Å²) < 4.78 is 0. The van der Waals surface area contributed by atoms with Gasteiger partial charge >= 0.3 is 0 Å². The molecular formula is C10H8N4S2. The summed E-state index contributed by atoms with van der Waals surface area (Å²) in [6.07, 6.45) is 0. The van der Waals surface area contributed by atoms with E-state index in [9.17, 15) is 0 Å². The standard InChI is InChI=1S/C10H8N4S2/c1-8(11)6-7-15-16-10-4-2-9(3-5-10)13-14-12/h2-5,11H,1H3. The van der Waals surface area contributed by atoms with Crippen molar-refractivity contribution in [1.29, 1.82) is 5.41 Å². The zero-order valence-corrected chi connectivity index (χ0v) is 10.1. The highest BCUT2D eigenvalue weighted by Gasteiger charge is 1.93. The van der Waals surface area contributed by atoms with Gasteiger partial charge in [0.1, 0.15) is 0 Å². The van der Waals surface area contributed by atoms with Crippen LogP contribution >= 0.6 is 21.6 Å². The molecule has 0 amide bonds. The molecule has 0 spiro atoms. The van der Waals surface area contributed by atoms with Crippen LogP contribution in [0, 0.1) is 16.6 Å². The maximum absolute atomic E-state index is 8.22. The fourth-order valence-corrected chi connectivity index (χ4v) is 2.24. The summed E-state index contributed by atoms with van der Waals surface area (Å²) in [5, 5.41) is 13.4. The molecule has 6 heteroatoms. The van der Waals surface area contributed by atoms with Gasteiger partial charge in [-0.25, -0.2) is 0 Å². The summed E-state index contributed by atoms with van der Waals surface area (Å²) in [5.41, 5.74) is 9.17. The summed E-state index contributed by atoms with van der Waals surface area (Å²) in [5.74, 6) is 2.66. The fraction of sp³-hybridized carbons (Fsp3) is 0.100.